The van der Waals surface area contributed by atoms with Crippen LogP contribution in [0.4, 0.5) is 23.5 Å². The fourth-order valence-corrected chi connectivity index (χ4v) is 5.99. The van der Waals surface area contributed by atoms with Gasteiger partial charge in [0.05, 0.1) is 19.1 Å². The van der Waals surface area contributed by atoms with Crippen LogP contribution < -0.4 is 27.8 Å². The molecule has 10 N–H and O–H groups in total. The smallest absolute Gasteiger partial charge is 0.259 e. The van der Waals surface area contributed by atoms with Gasteiger partial charge in [-0.3, -0.25) is 0 Å². The molecule has 0 spiro atoms. The van der Waals surface area contributed by atoms with Crippen LogP contribution in [-0.4, -0.2) is 107 Å². The number of aryl methyl sites for hydroxylation is 1. The molecule has 0 aliphatic heterocycles. The van der Waals surface area contributed by atoms with Crippen molar-refractivity contribution in [2.24, 2.45) is 5.73 Å². The summed E-state index contributed by atoms with van der Waals surface area (Å²) in [5.74, 6) is 2.51. The lowest BCUT2D eigenvalue weighted by Crippen LogP contribution is -2.12. The average molecular weight is 840 g/mol. The Kier molecular flexibility index (Phi) is 14.3. The summed E-state index contributed by atoms with van der Waals surface area (Å²) in [6, 6.07) is 23.4. The van der Waals surface area contributed by atoms with Gasteiger partial charge in [-0.25, -0.2) is 8.42 Å². The van der Waals surface area contributed by atoms with Gasteiger partial charge in [0.15, 0.2) is 11.5 Å². The molecule has 22 heteroatoms. The maximum absolute atomic E-state index is 11.4. The molecule has 8 rings (SSSR count). The van der Waals surface area contributed by atoms with Crippen molar-refractivity contribution < 1.29 is 27.5 Å². The van der Waals surface area contributed by atoms with E-state index in [0.29, 0.717) is 48.7 Å². The van der Waals surface area contributed by atoms with Crippen molar-refractivity contribution >= 4 is 44.9 Å². The quantitative estimate of drug-likeness (QED) is 0.0779. The maximum Gasteiger partial charge on any atom is 0.259 e. The number of nitrogens with one attached hydrogen (secondary N) is 2. The molecule has 0 saturated heterocycles. The molecule has 0 bridgehead atoms. The van der Waals surface area contributed by atoms with Crippen molar-refractivity contribution in [3.8, 4) is 23.2 Å². The predicted molar refractivity (Wildman–Crippen MR) is 223 cm³/mol. The molecule has 60 heavy (non-hydrogen) atoms. The van der Waals surface area contributed by atoms with E-state index in [1.807, 2.05) is 24.3 Å². The Morgan fingerprint density at radius 1 is 0.650 bits per heavy atom. The molecule has 6 heterocycles. The van der Waals surface area contributed by atoms with E-state index in [2.05, 4.69) is 75.0 Å². The normalized spacial score (nSPS) is 11.2. The third-order valence-corrected chi connectivity index (χ3v) is 9.28. The van der Waals surface area contributed by atoms with Crippen LogP contribution in [0.5, 0.6) is 0 Å². The van der Waals surface area contributed by atoms with Gasteiger partial charge in [0, 0.05) is 31.6 Å². The number of nitrogens with two attached hydrogens (primary N) is 3. The second-order valence-corrected chi connectivity index (χ2v) is 14.9. The largest absolute Gasteiger partial charge is 0.461 e. The molecule has 0 amide bonds. The minimum atomic E-state index is -3.57. The lowest BCUT2D eigenvalue weighted by molar-refractivity contribution is 0.288. The number of hydrogen-bond donors (Lipinski definition) is 7. The maximum atomic E-state index is 11.4. The first-order valence-electron chi connectivity index (χ1n) is 18.7. The second-order valence-electron chi connectivity index (χ2n) is 13.0. The Balaban J connectivity index is 0.000000163. The predicted octanol–water partition coefficient (Wildman–Crippen LogP) is 2.30. The van der Waals surface area contributed by atoms with Crippen LogP contribution >= 0.6 is 0 Å². The molecule has 0 saturated carbocycles. The minimum Gasteiger partial charge on any atom is -0.461 e. The van der Waals surface area contributed by atoms with E-state index in [-0.39, 0.29) is 36.7 Å². The van der Waals surface area contributed by atoms with Gasteiger partial charge in [-0.2, -0.15) is 38.9 Å². The fourth-order valence-electron chi connectivity index (χ4n) is 5.49. The lowest BCUT2D eigenvalue weighted by atomic mass is 10.1. The van der Waals surface area contributed by atoms with Gasteiger partial charge in [-0.15, -0.1) is 10.2 Å². The summed E-state index contributed by atoms with van der Waals surface area (Å²) in [6.07, 6.45) is 7.43. The second kappa shape index (κ2) is 20.1. The number of rotatable bonds is 15. The Morgan fingerprint density at radius 2 is 1.20 bits per heavy atom. The molecule has 2 aromatic carbocycles. The molecule has 6 aromatic heterocycles. The highest BCUT2D eigenvalue weighted by Crippen LogP contribution is 2.19. The zero-order chi connectivity index (χ0) is 42.5. The number of benzene rings is 2. The first-order chi connectivity index (χ1) is 29.0. The number of anilines is 4. The number of hydrogen-bond acceptors (Lipinski definition) is 19. The number of nitrogens with zero attached hydrogens (tertiary/aromatic N) is 10. The minimum absolute atomic E-state index is 0.0410. The molecular formula is C38H45N15O6S. The zero-order valence-electron chi connectivity index (χ0n) is 32.6. The fraction of sp³-hybridized carbons (Fsp3) is 0.263. The topological polar surface area (TPSA) is 315 Å². The van der Waals surface area contributed by atoms with E-state index >= 15 is 0 Å². The van der Waals surface area contributed by atoms with Gasteiger partial charge in [-0.05, 0) is 85.3 Å². The number of aromatic nitrogens is 10. The third kappa shape index (κ3) is 11.3. The number of sulfone groups is 1. The van der Waals surface area contributed by atoms with Gasteiger partial charge >= 0.3 is 0 Å². The molecule has 0 unspecified atom stereocenters. The lowest BCUT2D eigenvalue weighted by Gasteiger charge is -2.07. The Labute approximate surface area is 343 Å². The molecule has 0 atom stereocenters. The highest BCUT2D eigenvalue weighted by molar-refractivity contribution is 7.90. The van der Waals surface area contributed by atoms with E-state index in [0.717, 1.165) is 42.1 Å². The standard InChI is InChI=1S/C19H21N7O2.C10H16N2O.C9H8N6O3S/c20-17-23-18(21-10-9-14-7-5-13(6-8-14)3-1-11-27)24-19-22-16(25-26(17)19)15-4-2-12-28-15;11-6-5-9-1-3-10(4-2-9)12-7-8-13;1-19(16,17)9-12-7(10)15-8(13-9)11-6(14-15)5-3-2-4-18-5/h2,4-8,12,27H,1,3,9-11H2,(H3,20,21,22,23,24,25);1-4,12-13H,5-8,11H2;2-4H,1H3,(H2,10,11,12,13,14). The summed E-state index contributed by atoms with van der Waals surface area (Å²) >= 11 is 0. The van der Waals surface area contributed by atoms with Gasteiger partial charge in [-0.1, -0.05) is 36.4 Å². The Hall–Kier alpha value is -7.01. The Morgan fingerprint density at radius 3 is 1.73 bits per heavy atom. The highest BCUT2D eigenvalue weighted by atomic mass is 32.2. The number of nitrogen functional groups attached to an aromatic ring is 2. The molecule has 21 nitrogen and oxygen atoms in total. The summed E-state index contributed by atoms with van der Waals surface area (Å²) in [5.41, 5.74) is 21.8. The number of aliphatic hydroxyl groups is 2. The summed E-state index contributed by atoms with van der Waals surface area (Å²) in [6.45, 7) is 2.31. The summed E-state index contributed by atoms with van der Waals surface area (Å²) in [7, 11) is -3.57. The molecule has 0 aliphatic rings. The molecule has 0 aliphatic carbocycles. The van der Waals surface area contributed by atoms with Crippen molar-refractivity contribution in [2.75, 3.05) is 61.2 Å². The van der Waals surface area contributed by atoms with E-state index in [1.54, 1.807) is 30.5 Å². The van der Waals surface area contributed by atoms with Crippen LogP contribution in [0, 0.1) is 0 Å². The Bertz CT molecular complexity index is 2670. The van der Waals surface area contributed by atoms with Crippen LogP contribution in [0.25, 0.3) is 34.7 Å². The van der Waals surface area contributed by atoms with Crippen LogP contribution in [-0.2, 0) is 29.1 Å². The van der Waals surface area contributed by atoms with E-state index in [9.17, 15) is 8.42 Å². The first-order valence-corrected chi connectivity index (χ1v) is 20.6. The van der Waals surface area contributed by atoms with Crippen LogP contribution in [0.2, 0.25) is 0 Å². The van der Waals surface area contributed by atoms with Crippen molar-refractivity contribution in [2.45, 2.75) is 30.8 Å². The summed E-state index contributed by atoms with van der Waals surface area (Å²) in [4.78, 5) is 24.5. The number of aliphatic hydroxyl groups excluding tert-OH is 2. The zero-order valence-corrected chi connectivity index (χ0v) is 33.4. The number of furan rings is 2. The molecular weight excluding hydrogens is 795 g/mol. The van der Waals surface area contributed by atoms with Crippen molar-refractivity contribution in [1.29, 1.82) is 0 Å². The highest BCUT2D eigenvalue weighted by Gasteiger charge is 2.18. The van der Waals surface area contributed by atoms with Crippen molar-refractivity contribution in [1.82, 2.24) is 49.1 Å². The summed E-state index contributed by atoms with van der Waals surface area (Å²) in [5, 5.41) is 31.7. The van der Waals surface area contributed by atoms with Crippen molar-refractivity contribution in [3.63, 3.8) is 0 Å². The molecule has 0 fully saturated rings. The van der Waals surface area contributed by atoms with Crippen LogP contribution in [0.3, 0.4) is 0 Å². The first kappa shape index (κ1) is 42.6. The number of fused-ring (bicyclic) bond motifs is 2. The monoisotopic (exact) mass is 839 g/mol. The van der Waals surface area contributed by atoms with Gasteiger partial charge in [0.25, 0.3) is 16.7 Å². The third-order valence-electron chi connectivity index (χ3n) is 8.43. The van der Waals surface area contributed by atoms with E-state index < -0.39 is 15.0 Å². The van der Waals surface area contributed by atoms with E-state index in [4.69, 9.17) is 36.2 Å². The molecule has 0 radical (unpaired) electrons. The van der Waals surface area contributed by atoms with Gasteiger partial charge in [0.1, 0.15) is 0 Å². The average Bonchev–Trinajstić information content (AvgIpc) is 4.08. The SMILES string of the molecule is CS(=O)(=O)c1nc(N)n2nc(-c3ccco3)nc2n1.NCCc1ccc(NCCO)cc1.Nc1nc(NCCc2ccc(CCCO)cc2)nc2nc(-c3ccco3)nn12. The van der Waals surface area contributed by atoms with Crippen molar-refractivity contribution in [3.05, 3.63) is 102 Å². The van der Waals surface area contributed by atoms with Gasteiger partial charge < -0.3 is 46.9 Å². The molecule has 8 aromatic rings. The van der Waals surface area contributed by atoms with Crippen LogP contribution in [0.15, 0.2) is 99.3 Å². The van der Waals surface area contributed by atoms with Gasteiger partial charge in [0.2, 0.25) is 39.3 Å². The van der Waals surface area contributed by atoms with E-state index in [1.165, 1.54) is 27.5 Å². The molecule has 314 valence electrons. The summed E-state index contributed by atoms with van der Waals surface area (Å²) < 4.78 is 35.8. The van der Waals surface area contributed by atoms with Crippen LogP contribution in [0.1, 0.15) is 23.1 Å².